The summed E-state index contributed by atoms with van der Waals surface area (Å²) in [6.07, 6.45) is 2.71. The Balaban J connectivity index is 1.68. The molecular weight excluding hydrogens is 290 g/mol. The Morgan fingerprint density at radius 2 is 2.04 bits per heavy atom. The normalized spacial score (nSPS) is 22.0. The van der Waals surface area contributed by atoms with Crippen LogP contribution in [0.15, 0.2) is 24.3 Å². The zero-order valence-corrected chi connectivity index (χ0v) is 14.0. The third-order valence-corrected chi connectivity index (χ3v) is 4.65. The van der Waals surface area contributed by atoms with Crippen molar-refractivity contribution < 1.29 is 9.53 Å². The first kappa shape index (κ1) is 16.1. The Kier molecular flexibility index (Phi) is 5.39. The van der Waals surface area contributed by atoms with Gasteiger partial charge in [-0.3, -0.25) is 4.79 Å². The van der Waals surface area contributed by atoms with Crippen molar-refractivity contribution in [1.29, 1.82) is 0 Å². The summed E-state index contributed by atoms with van der Waals surface area (Å²) in [7, 11) is 0. The summed E-state index contributed by atoms with van der Waals surface area (Å²) in [6, 6.07) is 8.28. The summed E-state index contributed by atoms with van der Waals surface area (Å²) in [4.78, 5) is 16.3. The topological polar surface area (TPSA) is 44.8 Å². The van der Waals surface area contributed by atoms with E-state index in [1.54, 1.807) is 0 Å². The molecule has 0 bridgehead atoms. The van der Waals surface area contributed by atoms with Crippen LogP contribution in [0.4, 0.5) is 5.69 Å². The number of piperazine rings is 1. The average Bonchev–Trinajstić information content (AvgIpc) is 2.62. The number of nitrogens with one attached hydrogen (secondary N) is 1. The number of amides is 1. The molecule has 1 aromatic carbocycles. The van der Waals surface area contributed by atoms with E-state index in [2.05, 4.69) is 28.4 Å². The van der Waals surface area contributed by atoms with Gasteiger partial charge in [0.2, 0.25) is 5.91 Å². The first-order chi connectivity index (χ1) is 11.3. The molecule has 0 saturated carbocycles. The summed E-state index contributed by atoms with van der Waals surface area (Å²) < 4.78 is 6.31. The molecule has 0 aliphatic carbocycles. The van der Waals surface area contributed by atoms with E-state index in [1.807, 2.05) is 17.9 Å². The van der Waals surface area contributed by atoms with Crippen molar-refractivity contribution in [2.45, 2.75) is 32.3 Å². The maximum Gasteiger partial charge on any atom is 0.222 e. The number of hydrogen-bond donors (Lipinski definition) is 1. The number of carbonyl (C=O) groups is 1. The van der Waals surface area contributed by atoms with Crippen molar-refractivity contribution in [3.63, 3.8) is 0 Å². The standard InChI is InChI=1S/C18H27N3O2/c1-2-18(22)21-11-5-6-15(14-21)23-17-8-4-3-7-16(17)20-12-9-19-10-13-20/h3-4,7-8,15,19H,2,5-6,9-14H2,1H3. The second-order valence-corrected chi connectivity index (χ2v) is 6.28. The van der Waals surface area contributed by atoms with Gasteiger partial charge in [-0.05, 0) is 25.0 Å². The Hall–Kier alpha value is -1.75. The van der Waals surface area contributed by atoms with Crippen LogP contribution >= 0.6 is 0 Å². The van der Waals surface area contributed by atoms with Crippen molar-refractivity contribution in [3.05, 3.63) is 24.3 Å². The highest BCUT2D eigenvalue weighted by Crippen LogP contribution is 2.30. The third-order valence-electron chi connectivity index (χ3n) is 4.65. The highest BCUT2D eigenvalue weighted by molar-refractivity contribution is 5.75. The van der Waals surface area contributed by atoms with Crippen LogP contribution in [0.5, 0.6) is 5.75 Å². The second-order valence-electron chi connectivity index (χ2n) is 6.28. The molecule has 23 heavy (non-hydrogen) atoms. The molecule has 5 nitrogen and oxygen atoms in total. The molecule has 1 N–H and O–H groups in total. The first-order valence-electron chi connectivity index (χ1n) is 8.77. The highest BCUT2D eigenvalue weighted by atomic mass is 16.5. The molecule has 0 radical (unpaired) electrons. The van der Waals surface area contributed by atoms with Gasteiger partial charge in [0, 0.05) is 39.1 Å². The SMILES string of the molecule is CCC(=O)N1CCCC(Oc2ccccc2N2CCNCC2)C1. The molecule has 5 heteroatoms. The largest absolute Gasteiger partial charge is 0.486 e. The van der Waals surface area contributed by atoms with E-state index in [9.17, 15) is 4.79 Å². The van der Waals surface area contributed by atoms with Crippen molar-refractivity contribution in [2.24, 2.45) is 0 Å². The van der Waals surface area contributed by atoms with Gasteiger partial charge < -0.3 is 19.9 Å². The Bertz CT molecular complexity index is 529. The molecule has 1 atom stereocenters. The smallest absolute Gasteiger partial charge is 0.222 e. The van der Waals surface area contributed by atoms with Crippen LogP contribution in [0.3, 0.4) is 0 Å². The quantitative estimate of drug-likeness (QED) is 0.921. The third kappa shape index (κ3) is 3.96. The van der Waals surface area contributed by atoms with E-state index in [1.165, 1.54) is 5.69 Å². The van der Waals surface area contributed by atoms with E-state index < -0.39 is 0 Å². The average molecular weight is 317 g/mol. The molecule has 1 unspecified atom stereocenters. The number of ether oxygens (including phenoxy) is 1. The molecule has 126 valence electrons. The molecule has 2 aliphatic heterocycles. The molecule has 3 rings (SSSR count). The number of carbonyl (C=O) groups excluding carboxylic acids is 1. The lowest BCUT2D eigenvalue weighted by atomic mass is 10.1. The van der Waals surface area contributed by atoms with Crippen molar-refractivity contribution in [2.75, 3.05) is 44.2 Å². The molecule has 1 amide bonds. The molecule has 1 aromatic rings. The number of anilines is 1. The second kappa shape index (κ2) is 7.68. The van der Waals surface area contributed by atoms with E-state index >= 15 is 0 Å². The number of rotatable bonds is 4. The van der Waals surface area contributed by atoms with Gasteiger partial charge in [-0.25, -0.2) is 0 Å². The molecule has 2 fully saturated rings. The van der Waals surface area contributed by atoms with Gasteiger partial charge in [0.15, 0.2) is 0 Å². The van der Waals surface area contributed by atoms with Crippen LogP contribution in [0.1, 0.15) is 26.2 Å². The van der Waals surface area contributed by atoms with Crippen molar-refractivity contribution in [3.8, 4) is 5.75 Å². The zero-order valence-electron chi connectivity index (χ0n) is 14.0. The maximum absolute atomic E-state index is 11.9. The Labute approximate surface area is 138 Å². The molecule has 2 aliphatic rings. The summed E-state index contributed by atoms with van der Waals surface area (Å²) >= 11 is 0. The van der Waals surface area contributed by atoms with Gasteiger partial charge in [0.25, 0.3) is 0 Å². The lowest BCUT2D eigenvalue weighted by molar-refractivity contribution is -0.133. The zero-order chi connectivity index (χ0) is 16.1. The van der Waals surface area contributed by atoms with Gasteiger partial charge >= 0.3 is 0 Å². The highest BCUT2D eigenvalue weighted by Gasteiger charge is 2.25. The van der Waals surface area contributed by atoms with Gasteiger partial charge in [0.1, 0.15) is 11.9 Å². The first-order valence-corrected chi connectivity index (χ1v) is 8.77. The van der Waals surface area contributed by atoms with E-state index in [-0.39, 0.29) is 12.0 Å². The van der Waals surface area contributed by atoms with Crippen LogP contribution < -0.4 is 15.0 Å². The summed E-state index contributed by atoms with van der Waals surface area (Å²) in [6.45, 7) is 7.53. The molecular formula is C18H27N3O2. The summed E-state index contributed by atoms with van der Waals surface area (Å²) in [5.74, 6) is 1.18. The fourth-order valence-electron chi connectivity index (χ4n) is 3.39. The van der Waals surface area contributed by atoms with E-state index in [4.69, 9.17) is 4.74 Å². The van der Waals surface area contributed by atoms with Crippen LogP contribution in [-0.2, 0) is 4.79 Å². The number of nitrogens with zero attached hydrogens (tertiary/aromatic N) is 2. The lowest BCUT2D eigenvalue weighted by Crippen LogP contribution is -2.45. The van der Waals surface area contributed by atoms with Crippen LogP contribution in [0.2, 0.25) is 0 Å². The van der Waals surface area contributed by atoms with Gasteiger partial charge in [-0.15, -0.1) is 0 Å². The van der Waals surface area contributed by atoms with Crippen LogP contribution in [-0.4, -0.2) is 56.2 Å². The van der Waals surface area contributed by atoms with Crippen molar-refractivity contribution >= 4 is 11.6 Å². The van der Waals surface area contributed by atoms with Gasteiger partial charge in [-0.2, -0.15) is 0 Å². The predicted octanol–water partition coefficient (Wildman–Crippen LogP) is 1.88. The van der Waals surface area contributed by atoms with E-state index in [0.717, 1.165) is 51.3 Å². The summed E-state index contributed by atoms with van der Waals surface area (Å²) in [5.41, 5.74) is 1.17. The fraction of sp³-hybridized carbons (Fsp3) is 0.611. The molecule has 2 saturated heterocycles. The monoisotopic (exact) mass is 317 g/mol. The van der Waals surface area contributed by atoms with Crippen LogP contribution in [0, 0.1) is 0 Å². The number of hydrogen-bond acceptors (Lipinski definition) is 4. The molecule has 2 heterocycles. The predicted molar refractivity (Wildman–Crippen MR) is 92.0 cm³/mol. The van der Waals surface area contributed by atoms with Gasteiger partial charge in [-0.1, -0.05) is 19.1 Å². The molecule has 0 spiro atoms. The number of likely N-dealkylation sites (tertiary alicyclic amines) is 1. The fourth-order valence-corrected chi connectivity index (χ4v) is 3.39. The van der Waals surface area contributed by atoms with Gasteiger partial charge in [0.05, 0.1) is 12.2 Å². The maximum atomic E-state index is 11.9. The van der Waals surface area contributed by atoms with Crippen molar-refractivity contribution in [1.82, 2.24) is 10.2 Å². The number of benzene rings is 1. The minimum Gasteiger partial charge on any atom is -0.486 e. The Morgan fingerprint density at radius 3 is 2.83 bits per heavy atom. The molecule has 0 aromatic heterocycles. The summed E-state index contributed by atoms with van der Waals surface area (Å²) in [5, 5.41) is 3.38. The van der Waals surface area contributed by atoms with Crippen LogP contribution in [0.25, 0.3) is 0 Å². The minimum atomic E-state index is 0.100. The number of piperidine rings is 1. The van der Waals surface area contributed by atoms with E-state index in [0.29, 0.717) is 13.0 Å². The Morgan fingerprint density at radius 1 is 1.26 bits per heavy atom. The lowest BCUT2D eigenvalue weighted by Gasteiger charge is -2.35. The number of para-hydroxylation sites is 2. The minimum absolute atomic E-state index is 0.100.